The summed E-state index contributed by atoms with van der Waals surface area (Å²) in [5.41, 5.74) is -0.538. The van der Waals surface area contributed by atoms with Crippen LogP contribution in [0.3, 0.4) is 0 Å². The molecule has 2 amide bonds. The van der Waals surface area contributed by atoms with Crippen molar-refractivity contribution in [1.82, 2.24) is 10.2 Å². The second-order valence-electron chi connectivity index (χ2n) is 6.27. The van der Waals surface area contributed by atoms with Crippen molar-refractivity contribution in [2.45, 2.75) is 53.0 Å². The van der Waals surface area contributed by atoms with Gasteiger partial charge < -0.3 is 10.2 Å². The second kappa shape index (κ2) is 4.67. The molecule has 0 spiro atoms. The van der Waals surface area contributed by atoms with Gasteiger partial charge >= 0.3 is 0 Å². The normalized spacial score (nSPS) is 26.1. The third kappa shape index (κ3) is 3.45. The highest BCUT2D eigenvalue weighted by Gasteiger charge is 2.41. The summed E-state index contributed by atoms with van der Waals surface area (Å²) in [4.78, 5) is 25.6. The van der Waals surface area contributed by atoms with Gasteiger partial charge in [-0.15, -0.1) is 0 Å². The average molecular weight is 240 g/mol. The summed E-state index contributed by atoms with van der Waals surface area (Å²) in [6.45, 7) is 11.0. The minimum atomic E-state index is -0.715. The molecule has 0 aromatic heterocycles. The fourth-order valence-electron chi connectivity index (χ4n) is 1.89. The Morgan fingerprint density at radius 1 is 1.35 bits per heavy atom. The van der Waals surface area contributed by atoms with E-state index in [1.54, 1.807) is 11.8 Å². The summed E-state index contributed by atoms with van der Waals surface area (Å²) in [5, 5.41) is 2.79. The van der Waals surface area contributed by atoms with Crippen molar-refractivity contribution in [3.05, 3.63) is 0 Å². The average Bonchev–Trinajstić information content (AvgIpc) is 2.20. The van der Waals surface area contributed by atoms with Gasteiger partial charge in [-0.25, -0.2) is 0 Å². The molecule has 1 heterocycles. The topological polar surface area (TPSA) is 49.4 Å². The van der Waals surface area contributed by atoms with Gasteiger partial charge in [0.05, 0.1) is 6.54 Å². The second-order valence-corrected chi connectivity index (χ2v) is 6.27. The SMILES string of the molecule is CCC1(C)NC(=O)CN(CCC(C)(C)C)C1=O. The van der Waals surface area contributed by atoms with E-state index in [0.29, 0.717) is 13.0 Å². The van der Waals surface area contributed by atoms with Gasteiger partial charge in [0.15, 0.2) is 0 Å². The molecule has 98 valence electrons. The molecule has 0 aromatic rings. The Bertz CT molecular complexity index is 320. The predicted octanol–water partition coefficient (Wildman–Crippen LogP) is 1.55. The molecule has 1 atom stereocenters. The lowest BCUT2D eigenvalue weighted by atomic mass is 9.90. The molecule has 1 N–H and O–H groups in total. The van der Waals surface area contributed by atoms with Crippen molar-refractivity contribution in [1.29, 1.82) is 0 Å². The van der Waals surface area contributed by atoms with E-state index in [4.69, 9.17) is 0 Å². The molecule has 1 unspecified atom stereocenters. The molecule has 0 saturated carbocycles. The van der Waals surface area contributed by atoms with Crippen LogP contribution in [0, 0.1) is 5.41 Å². The number of carbonyl (C=O) groups is 2. The number of hydrogen-bond acceptors (Lipinski definition) is 2. The van der Waals surface area contributed by atoms with E-state index in [1.807, 2.05) is 6.92 Å². The zero-order valence-electron chi connectivity index (χ0n) is 11.6. The lowest BCUT2D eigenvalue weighted by Gasteiger charge is -2.40. The predicted molar refractivity (Wildman–Crippen MR) is 67.5 cm³/mol. The fraction of sp³-hybridized carbons (Fsp3) is 0.846. The van der Waals surface area contributed by atoms with E-state index in [-0.39, 0.29) is 23.8 Å². The van der Waals surface area contributed by atoms with Crippen molar-refractivity contribution < 1.29 is 9.59 Å². The molecule has 1 fully saturated rings. The highest BCUT2D eigenvalue weighted by atomic mass is 16.2. The fourth-order valence-corrected chi connectivity index (χ4v) is 1.89. The molecule has 1 saturated heterocycles. The molecule has 4 nitrogen and oxygen atoms in total. The van der Waals surface area contributed by atoms with E-state index < -0.39 is 5.54 Å². The number of piperazine rings is 1. The van der Waals surface area contributed by atoms with Crippen LogP contribution in [-0.2, 0) is 9.59 Å². The van der Waals surface area contributed by atoms with Gasteiger partial charge in [0, 0.05) is 6.54 Å². The largest absolute Gasteiger partial charge is 0.340 e. The molecule has 1 rings (SSSR count). The number of rotatable bonds is 3. The number of nitrogens with zero attached hydrogens (tertiary/aromatic N) is 1. The van der Waals surface area contributed by atoms with E-state index in [9.17, 15) is 9.59 Å². The van der Waals surface area contributed by atoms with Crippen molar-refractivity contribution in [3.8, 4) is 0 Å². The minimum Gasteiger partial charge on any atom is -0.340 e. The molecule has 4 heteroatoms. The quantitative estimate of drug-likeness (QED) is 0.813. The van der Waals surface area contributed by atoms with Gasteiger partial charge in [-0.05, 0) is 25.2 Å². The van der Waals surface area contributed by atoms with E-state index >= 15 is 0 Å². The first-order valence-corrected chi connectivity index (χ1v) is 6.28. The summed E-state index contributed by atoms with van der Waals surface area (Å²) in [5.74, 6) is -0.00768. The number of hydrogen-bond donors (Lipinski definition) is 1. The Morgan fingerprint density at radius 2 is 1.94 bits per heavy atom. The van der Waals surface area contributed by atoms with Crippen LogP contribution in [0.25, 0.3) is 0 Å². The number of carbonyl (C=O) groups excluding carboxylic acids is 2. The summed E-state index contributed by atoms with van der Waals surface area (Å²) in [7, 11) is 0. The maximum absolute atomic E-state index is 12.3. The van der Waals surface area contributed by atoms with E-state index in [1.165, 1.54) is 0 Å². The monoisotopic (exact) mass is 240 g/mol. The van der Waals surface area contributed by atoms with E-state index in [0.717, 1.165) is 6.42 Å². The van der Waals surface area contributed by atoms with Gasteiger partial charge in [-0.2, -0.15) is 0 Å². The lowest BCUT2D eigenvalue weighted by Crippen LogP contribution is -2.65. The number of amides is 2. The van der Waals surface area contributed by atoms with Crippen LogP contribution < -0.4 is 5.32 Å². The first-order valence-electron chi connectivity index (χ1n) is 6.28. The van der Waals surface area contributed by atoms with Crippen molar-refractivity contribution in [2.24, 2.45) is 5.41 Å². The Morgan fingerprint density at radius 3 is 2.41 bits per heavy atom. The smallest absolute Gasteiger partial charge is 0.248 e. The molecule has 1 aliphatic heterocycles. The van der Waals surface area contributed by atoms with Crippen LogP contribution in [-0.4, -0.2) is 35.3 Å². The summed E-state index contributed by atoms with van der Waals surface area (Å²) < 4.78 is 0. The van der Waals surface area contributed by atoms with Crippen molar-refractivity contribution in [2.75, 3.05) is 13.1 Å². The molecule has 1 aliphatic rings. The maximum Gasteiger partial charge on any atom is 0.248 e. The van der Waals surface area contributed by atoms with Crippen LogP contribution in [0.4, 0.5) is 0 Å². The highest BCUT2D eigenvalue weighted by Crippen LogP contribution is 2.22. The maximum atomic E-state index is 12.3. The van der Waals surface area contributed by atoms with Crippen LogP contribution >= 0.6 is 0 Å². The summed E-state index contributed by atoms with van der Waals surface area (Å²) in [6, 6.07) is 0. The third-order valence-electron chi connectivity index (χ3n) is 3.35. The molecular weight excluding hydrogens is 216 g/mol. The van der Waals surface area contributed by atoms with Gasteiger partial charge in [0.25, 0.3) is 0 Å². The Balaban J connectivity index is 2.72. The van der Waals surface area contributed by atoms with E-state index in [2.05, 4.69) is 26.1 Å². The minimum absolute atomic E-state index is 0.0452. The molecule has 0 aromatic carbocycles. The molecule has 17 heavy (non-hydrogen) atoms. The Labute approximate surface area is 104 Å². The highest BCUT2D eigenvalue weighted by molar-refractivity contribution is 5.97. The molecular formula is C13H24N2O2. The summed E-state index contributed by atoms with van der Waals surface area (Å²) >= 11 is 0. The Hall–Kier alpha value is -1.06. The van der Waals surface area contributed by atoms with Gasteiger partial charge in [0.1, 0.15) is 5.54 Å². The first-order chi connectivity index (χ1) is 7.68. The van der Waals surface area contributed by atoms with Crippen molar-refractivity contribution >= 4 is 11.8 Å². The first kappa shape index (κ1) is 14.0. The molecule has 0 radical (unpaired) electrons. The number of nitrogens with one attached hydrogen (secondary N) is 1. The van der Waals surface area contributed by atoms with Crippen LogP contribution in [0.5, 0.6) is 0 Å². The van der Waals surface area contributed by atoms with Crippen LogP contribution in [0.2, 0.25) is 0 Å². The molecule has 0 aliphatic carbocycles. The van der Waals surface area contributed by atoms with Crippen LogP contribution in [0.1, 0.15) is 47.5 Å². The molecule has 0 bridgehead atoms. The Kier molecular flexibility index (Phi) is 3.84. The van der Waals surface area contributed by atoms with Crippen LogP contribution in [0.15, 0.2) is 0 Å². The van der Waals surface area contributed by atoms with Gasteiger partial charge in [-0.1, -0.05) is 27.7 Å². The lowest BCUT2D eigenvalue weighted by molar-refractivity contribution is -0.149. The zero-order valence-corrected chi connectivity index (χ0v) is 11.6. The summed E-state index contributed by atoms with van der Waals surface area (Å²) in [6.07, 6.45) is 1.54. The van der Waals surface area contributed by atoms with Gasteiger partial charge in [0.2, 0.25) is 11.8 Å². The third-order valence-corrected chi connectivity index (χ3v) is 3.35. The standard InChI is InChI=1S/C13H24N2O2/c1-6-13(5)11(17)15(9-10(16)14-13)8-7-12(2,3)4/h6-9H2,1-5H3,(H,14,16). The zero-order chi connectivity index (χ0) is 13.3. The van der Waals surface area contributed by atoms with Crippen molar-refractivity contribution in [3.63, 3.8) is 0 Å². The van der Waals surface area contributed by atoms with Gasteiger partial charge in [-0.3, -0.25) is 9.59 Å².